The average Bonchev–Trinajstić information content (AvgIpc) is 2.60. The van der Waals surface area contributed by atoms with E-state index >= 15 is 0 Å². The van der Waals surface area contributed by atoms with Crippen molar-refractivity contribution >= 4 is 32.6 Å². The fraction of sp³-hybridized carbons (Fsp3) is 0.300. The normalized spacial score (nSPS) is 13.8. The van der Waals surface area contributed by atoms with Crippen molar-refractivity contribution in [1.82, 2.24) is 9.47 Å². The first-order valence-electron chi connectivity index (χ1n) is 4.70. The smallest absolute Gasteiger partial charge is 0.241 e. The molecule has 88 valence electrons. The van der Waals surface area contributed by atoms with Crippen molar-refractivity contribution in [3.8, 4) is 0 Å². The van der Waals surface area contributed by atoms with Crippen molar-refractivity contribution in [1.29, 1.82) is 0 Å². The third-order valence-corrected chi connectivity index (χ3v) is 2.65. The number of carbonyl (C=O) groups excluding carboxylic acids is 1. The van der Waals surface area contributed by atoms with Crippen LogP contribution >= 0.6 is 15.9 Å². The molecule has 0 saturated carbocycles. The van der Waals surface area contributed by atoms with E-state index in [0.29, 0.717) is 4.61 Å². The second-order valence-corrected chi connectivity index (χ2v) is 4.40. The zero-order valence-electron chi connectivity index (χ0n) is 9.27. The first-order valence-corrected chi connectivity index (χ1v) is 5.49. The quantitative estimate of drug-likeness (QED) is 0.663. The summed E-state index contributed by atoms with van der Waals surface area (Å²) in [6.07, 6.45) is 3.22. The van der Waals surface area contributed by atoms with Gasteiger partial charge < -0.3 is 20.9 Å². The van der Waals surface area contributed by atoms with Crippen molar-refractivity contribution in [2.24, 2.45) is 11.5 Å². The fourth-order valence-corrected chi connectivity index (χ4v) is 1.63. The Balaban J connectivity index is 3.20. The van der Waals surface area contributed by atoms with Crippen LogP contribution in [0.15, 0.2) is 12.3 Å². The summed E-state index contributed by atoms with van der Waals surface area (Å²) in [6, 6.07) is 1.81. The molecule has 0 bridgehead atoms. The van der Waals surface area contributed by atoms with Crippen LogP contribution in [-0.4, -0.2) is 29.5 Å². The third-order valence-electron chi connectivity index (χ3n) is 2.23. The molecule has 1 aromatic heterocycles. The number of hydrogen-bond donors (Lipinski definition) is 2. The van der Waals surface area contributed by atoms with Crippen molar-refractivity contribution < 1.29 is 4.79 Å². The van der Waals surface area contributed by atoms with Gasteiger partial charge >= 0.3 is 0 Å². The van der Waals surface area contributed by atoms with Crippen LogP contribution in [0.5, 0.6) is 0 Å². The maximum Gasteiger partial charge on any atom is 0.241 e. The highest BCUT2D eigenvalue weighted by atomic mass is 79.9. The second-order valence-electron chi connectivity index (χ2n) is 3.55. The molecule has 1 rings (SSSR count). The molecule has 1 amide bonds. The molecule has 0 radical (unpaired) electrons. The SMILES string of the molecule is CN(C)C(=O)Cn1ccc(=C(/N)Br)/c1=C\N. The van der Waals surface area contributed by atoms with Gasteiger partial charge in [-0.15, -0.1) is 0 Å². The molecule has 0 unspecified atom stereocenters. The van der Waals surface area contributed by atoms with E-state index in [1.165, 1.54) is 11.1 Å². The zero-order chi connectivity index (χ0) is 12.3. The van der Waals surface area contributed by atoms with E-state index in [-0.39, 0.29) is 12.5 Å². The number of halogens is 1. The van der Waals surface area contributed by atoms with E-state index in [2.05, 4.69) is 15.9 Å². The third kappa shape index (κ3) is 2.57. The molecule has 0 atom stereocenters. The monoisotopic (exact) mass is 286 g/mol. The molecule has 5 nitrogen and oxygen atoms in total. The summed E-state index contributed by atoms with van der Waals surface area (Å²) in [5.41, 5.74) is 11.2. The van der Waals surface area contributed by atoms with E-state index in [9.17, 15) is 4.79 Å². The van der Waals surface area contributed by atoms with Crippen LogP contribution in [0.3, 0.4) is 0 Å². The molecule has 0 aliphatic carbocycles. The van der Waals surface area contributed by atoms with Crippen LogP contribution < -0.4 is 22.0 Å². The lowest BCUT2D eigenvalue weighted by atomic mass is 10.4. The minimum atomic E-state index is -0.00149. The summed E-state index contributed by atoms with van der Waals surface area (Å²) in [4.78, 5) is 13.1. The first kappa shape index (κ1) is 12.6. The number of hydrogen-bond acceptors (Lipinski definition) is 3. The van der Waals surface area contributed by atoms with Gasteiger partial charge in [0.2, 0.25) is 5.91 Å². The van der Waals surface area contributed by atoms with E-state index in [4.69, 9.17) is 11.5 Å². The first-order chi connectivity index (χ1) is 7.47. The molecule has 6 heteroatoms. The molecule has 16 heavy (non-hydrogen) atoms. The van der Waals surface area contributed by atoms with E-state index in [1.54, 1.807) is 24.9 Å². The molecule has 0 spiro atoms. The van der Waals surface area contributed by atoms with Gasteiger partial charge in [-0.1, -0.05) is 0 Å². The van der Waals surface area contributed by atoms with Gasteiger partial charge in [0.25, 0.3) is 0 Å². The van der Waals surface area contributed by atoms with Gasteiger partial charge in [0.15, 0.2) is 0 Å². The van der Waals surface area contributed by atoms with Crippen LogP contribution in [-0.2, 0) is 11.3 Å². The van der Waals surface area contributed by atoms with E-state index in [1.807, 2.05) is 6.07 Å². The summed E-state index contributed by atoms with van der Waals surface area (Å²) in [5.74, 6) is -0.00149. The predicted molar refractivity (Wildman–Crippen MR) is 67.6 cm³/mol. The number of carbonyl (C=O) groups is 1. The molecule has 0 aliphatic heterocycles. The molecule has 1 aromatic rings. The lowest BCUT2D eigenvalue weighted by Crippen LogP contribution is -2.36. The van der Waals surface area contributed by atoms with Gasteiger partial charge in [0.05, 0.1) is 9.96 Å². The maximum atomic E-state index is 11.6. The predicted octanol–water partition coefficient (Wildman–Crippen LogP) is -1.31. The Morgan fingerprint density at radius 3 is 2.69 bits per heavy atom. The molecule has 4 N–H and O–H groups in total. The van der Waals surface area contributed by atoms with Gasteiger partial charge in [-0.2, -0.15) is 0 Å². The Morgan fingerprint density at radius 2 is 2.25 bits per heavy atom. The van der Waals surface area contributed by atoms with Crippen LogP contribution in [0, 0.1) is 0 Å². The molecular weight excluding hydrogens is 272 g/mol. The molecular formula is C10H15BrN4O. The highest BCUT2D eigenvalue weighted by Gasteiger charge is 2.06. The van der Waals surface area contributed by atoms with Crippen LogP contribution in [0.2, 0.25) is 0 Å². The number of nitrogens with two attached hydrogens (primary N) is 2. The highest BCUT2D eigenvalue weighted by molar-refractivity contribution is 9.14. The van der Waals surface area contributed by atoms with Crippen molar-refractivity contribution in [2.75, 3.05) is 14.1 Å². The van der Waals surface area contributed by atoms with Gasteiger partial charge in [0, 0.05) is 31.7 Å². The maximum absolute atomic E-state index is 11.6. The Kier molecular flexibility index (Phi) is 4.00. The van der Waals surface area contributed by atoms with Gasteiger partial charge in [-0.25, -0.2) is 0 Å². The standard InChI is InChI=1S/C10H15BrN4O/c1-14(2)9(16)6-15-4-3-7(10(11)13)8(15)5-12/h3-5H,6,12-13H2,1-2H3/b8-5+,10-7-. The molecule has 0 aromatic carbocycles. The Bertz CT molecular complexity index is 499. The lowest BCUT2D eigenvalue weighted by Gasteiger charge is -2.10. The minimum absolute atomic E-state index is 0.00149. The van der Waals surface area contributed by atoms with E-state index in [0.717, 1.165) is 10.6 Å². The van der Waals surface area contributed by atoms with Gasteiger partial charge in [-0.05, 0) is 22.0 Å². The Hall–Kier alpha value is -1.43. The fourth-order valence-electron chi connectivity index (χ4n) is 1.30. The van der Waals surface area contributed by atoms with Gasteiger partial charge in [-0.3, -0.25) is 4.79 Å². The second kappa shape index (κ2) is 5.07. The van der Waals surface area contributed by atoms with E-state index < -0.39 is 0 Å². The van der Waals surface area contributed by atoms with Crippen LogP contribution in [0.1, 0.15) is 0 Å². The van der Waals surface area contributed by atoms with Crippen molar-refractivity contribution in [2.45, 2.75) is 6.54 Å². The van der Waals surface area contributed by atoms with Crippen molar-refractivity contribution in [3.63, 3.8) is 0 Å². The molecule has 1 heterocycles. The number of likely N-dealkylation sites (N-methyl/N-ethyl adjacent to an activating group) is 1. The summed E-state index contributed by atoms with van der Waals surface area (Å²) >= 11 is 3.19. The number of amides is 1. The number of rotatable bonds is 2. The summed E-state index contributed by atoms with van der Waals surface area (Å²) < 4.78 is 2.26. The summed E-state index contributed by atoms with van der Waals surface area (Å²) in [5, 5.41) is 1.51. The molecule has 0 saturated heterocycles. The summed E-state index contributed by atoms with van der Waals surface area (Å²) in [6.45, 7) is 0.246. The topological polar surface area (TPSA) is 77.3 Å². The Morgan fingerprint density at radius 1 is 1.62 bits per heavy atom. The molecule has 0 aliphatic rings. The number of aromatic nitrogens is 1. The van der Waals surface area contributed by atoms with Crippen LogP contribution in [0.25, 0.3) is 10.8 Å². The number of nitrogens with zero attached hydrogens (tertiary/aromatic N) is 2. The van der Waals surface area contributed by atoms with Crippen LogP contribution in [0.4, 0.5) is 0 Å². The molecule has 0 fully saturated rings. The highest BCUT2D eigenvalue weighted by Crippen LogP contribution is 1.91. The summed E-state index contributed by atoms with van der Waals surface area (Å²) in [7, 11) is 3.42. The minimum Gasteiger partial charge on any atom is -0.403 e. The Labute approximate surface area is 102 Å². The zero-order valence-corrected chi connectivity index (χ0v) is 10.9. The largest absolute Gasteiger partial charge is 0.403 e. The lowest BCUT2D eigenvalue weighted by molar-refractivity contribution is -0.129. The average molecular weight is 287 g/mol. The van der Waals surface area contributed by atoms with Gasteiger partial charge in [0.1, 0.15) is 6.54 Å². The van der Waals surface area contributed by atoms with Crippen molar-refractivity contribution in [3.05, 3.63) is 22.8 Å².